The molecule has 1 aliphatic carbocycles. The highest BCUT2D eigenvalue weighted by atomic mass is 16.5. The van der Waals surface area contributed by atoms with E-state index in [-0.39, 0.29) is 30.9 Å². The van der Waals surface area contributed by atoms with Gasteiger partial charge in [-0.05, 0) is 30.4 Å². The summed E-state index contributed by atoms with van der Waals surface area (Å²) in [6, 6.07) is 0. The molecular formula is C21H26O6. The van der Waals surface area contributed by atoms with Gasteiger partial charge in [0.15, 0.2) is 11.3 Å². The second-order valence-corrected chi connectivity index (χ2v) is 7.16. The van der Waals surface area contributed by atoms with Crippen molar-refractivity contribution in [2.75, 3.05) is 0 Å². The highest BCUT2D eigenvalue weighted by Gasteiger charge is 2.33. The Kier molecular flexibility index (Phi) is 5.56. The Bertz CT molecular complexity index is 879. The Morgan fingerprint density at radius 3 is 2.63 bits per heavy atom. The minimum Gasteiger partial charge on any atom is -0.461 e. The minimum absolute atomic E-state index is 0.0388. The zero-order valence-electron chi connectivity index (χ0n) is 16.3. The Morgan fingerprint density at radius 1 is 1.26 bits per heavy atom. The fraction of sp³-hybridized carbons (Fsp3) is 0.524. The molecule has 0 saturated carbocycles. The summed E-state index contributed by atoms with van der Waals surface area (Å²) < 4.78 is 16.8. The lowest BCUT2D eigenvalue weighted by Gasteiger charge is -2.30. The number of ether oxygens (including phenoxy) is 2. The summed E-state index contributed by atoms with van der Waals surface area (Å²) >= 11 is 0. The van der Waals surface area contributed by atoms with Crippen LogP contribution >= 0.6 is 0 Å². The predicted molar refractivity (Wildman–Crippen MR) is 99.7 cm³/mol. The zero-order valence-corrected chi connectivity index (χ0v) is 16.3. The first-order valence-electron chi connectivity index (χ1n) is 9.47. The van der Waals surface area contributed by atoms with Gasteiger partial charge in [0.05, 0.1) is 12.4 Å². The highest BCUT2D eigenvalue weighted by Crippen LogP contribution is 2.46. The molecule has 0 amide bonds. The number of esters is 2. The molecule has 0 fully saturated rings. The van der Waals surface area contributed by atoms with Crippen molar-refractivity contribution >= 4 is 22.9 Å². The van der Waals surface area contributed by atoms with Crippen molar-refractivity contribution < 1.29 is 28.6 Å². The fourth-order valence-corrected chi connectivity index (χ4v) is 3.90. The second-order valence-electron chi connectivity index (χ2n) is 7.16. The summed E-state index contributed by atoms with van der Waals surface area (Å²) in [5.74, 6) is -0.207. The number of carbonyl (C=O) groups excluding carboxylic acids is 2. The normalized spacial score (nSPS) is 19.0. The summed E-state index contributed by atoms with van der Waals surface area (Å²) in [5.41, 5.74) is 4.00. The van der Waals surface area contributed by atoms with Crippen molar-refractivity contribution in [3.63, 3.8) is 0 Å². The first-order valence-corrected chi connectivity index (χ1v) is 9.47. The molecule has 6 nitrogen and oxygen atoms in total. The van der Waals surface area contributed by atoms with Crippen molar-refractivity contribution in [2.24, 2.45) is 0 Å². The third-order valence-electron chi connectivity index (χ3n) is 5.14. The van der Waals surface area contributed by atoms with E-state index in [1.54, 1.807) is 20.1 Å². The van der Waals surface area contributed by atoms with Crippen molar-refractivity contribution in [3.05, 3.63) is 28.5 Å². The number of fused-ring (bicyclic) bond motifs is 2. The van der Waals surface area contributed by atoms with Crippen molar-refractivity contribution in [2.45, 2.75) is 72.0 Å². The minimum atomic E-state index is -0.522. The maximum Gasteiger partial charge on any atom is 0.311 e. The summed E-state index contributed by atoms with van der Waals surface area (Å²) in [5, 5.41) is 11.1. The molecular weight excluding hydrogens is 348 g/mol. The van der Waals surface area contributed by atoms with E-state index < -0.39 is 6.10 Å². The molecule has 1 aromatic carbocycles. The standard InChI is InChI=1S/C21H26O6/c1-5-16(23)25-10-15-18-11(3)7-13(22)8-14(18)20(27-17(24)6-2)21-19(15)12(4)9-26-21/h9,11,13,22H,5-8,10H2,1-4H3. The molecule has 3 rings (SSSR count). The highest BCUT2D eigenvalue weighted by molar-refractivity contribution is 5.94. The number of benzene rings is 1. The molecule has 2 atom stereocenters. The number of furan rings is 1. The van der Waals surface area contributed by atoms with E-state index in [2.05, 4.69) is 0 Å². The van der Waals surface area contributed by atoms with Crippen LogP contribution in [0.15, 0.2) is 10.7 Å². The van der Waals surface area contributed by atoms with Gasteiger partial charge < -0.3 is 19.0 Å². The molecule has 0 saturated heterocycles. The maximum atomic E-state index is 12.0. The number of rotatable bonds is 5. The van der Waals surface area contributed by atoms with Gasteiger partial charge >= 0.3 is 11.9 Å². The average molecular weight is 374 g/mol. The van der Waals surface area contributed by atoms with E-state index in [0.29, 0.717) is 30.6 Å². The van der Waals surface area contributed by atoms with Gasteiger partial charge in [0.25, 0.3) is 0 Å². The molecule has 27 heavy (non-hydrogen) atoms. The van der Waals surface area contributed by atoms with Gasteiger partial charge in [-0.2, -0.15) is 0 Å². The van der Waals surface area contributed by atoms with Gasteiger partial charge in [0.2, 0.25) is 0 Å². The zero-order chi connectivity index (χ0) is 19.7. The van der Waals surface area contributed by atoms with Crippen LogP contribution in [0, 0.1) is 6.92 Å². The van der Waals surface area contributed by atoms with Crippen LogP contribution in [0.3, 0.4) is 0 Å². The number of hydrogen-bond donors (Lipinski definition) is 1. The molecule has 0 aliphatic heterocycles. The van der Waals surface area contributed by atoms with Gasteiger partial charge in [-0.25, -0.2) is 0 Å². The van der Waals surface area contributed by atoms with E-state index in [9.17, 15) is 14.7 Å². The van der Waals surface area contributed by atoms with Crippen LogP contribution in [0.4, 0.5) is 0 Å². The molecule has 1 heterocycles. The molecule has 0 bridgehead atoms. The molecule has 0 radical (unpaired) electrons. The molecule has 2 aromatic rings. The van der Waals surface area contributed by atoms with E-state index in [1.807, 2.05) is 13.8 Å². The Hall–Kier alpha value is -2.34. The predicted octanol–water partition coefficient (Wildman–Crippen LogP) is 3.92. The summed E-state index contributed by atoms with van der Waals surface area (Å²) in [4.78, 5) is 23.8. The smallest absolute Gasteiger partial charge is 0.311 e. The van der Waals surface area contributed by atoms with Crippen LogP contribution in [0.5, 0.6) is 5.75 Å². The molecule has 1 aromatic heterocycles. The number of aliphatic hydroxyl groups is 1. The van der Waals surface area contributed by atoms with Crippen molar-refractivity contribution in [1.29, 1.82) is 0 Å². The van der Waals surface area contributed by atoms with Crippen molar-refractivity contribution in [1.82, 2.24) is 0 Å². The van der Waals surface area contributed by atoms with Gasteiger partial charge in [-0.15, -0.1) is 0 Å². The van der Waals surface area contributed by atoms with Crippen LogP contribution in [-0.2, 0) is 27.4 Å². The topological polar surface area (TPSA) is 86.0 Å². The van der Waals surface area contributed by atoms with Crippen LogP contribution in [0.2, 0.25) is 0 Å². The lowest BCUT2D eigenvalue weighted by molar-refractivity contribution is -0.144. The third-order valence-corrected chi connectivity index (χ3v) is 5.14. The molecule has 146 valence electrons. The van der Waals surface area contributed by atoms with Crippen LogP contribution in [-0.4, -0.2) is 23.1 Å². The Balaban J connectivity index is 2.25. The Labute approximate surface area is 158 Å². The van der Waals surface area contributed by atoms with Gasteiger partial charge in [-0.3, -0.25) is 9.59 Å². The van der Waals surface area contributed by atoms with Gasteiger partial charge in [0.1, 0.15) is 6.61 Å². The van der Waals surface area contributed by atoms with Crippen molar-refractivity contribution in [3.8, 4) is 5.75 Å². The van der Waals surface area contributed by atoms with E-state index in [4.69, 9.17) is 13.9 Å². The maximum absolute atomic E-state index is 12.0. The van der Waals surface area contributed by atoms with Crippen LogP contribution in [0.1, 0.15) is 68.2 Å². The number of aliphatic hydroxyl groups excluding tert-OH is 1. The molecule has 2 unspecified atom stereocenters. The molecule has 6 heteroatoms. The van der Waals surface area contributed by atoms with Crippen LogP contribution in [0.25, 0.3) is 11.0 Å². The molecule has 0 spiro atoms. The number of hydrogen-bond acceptors (Lipinski definition) is 6. The lowest BCUT2D eigenvalue weighted by atomic mass is 9.78. The summed E-state index contributed by atoms with van der Waals surface area (Å²) in [6.45, 7) is 7.56. The first kappa shape index (κ1) is 19.4. The number of carbonyl (C=O) groups is 2. The fourth-order valence-electron chi connectivity index (χ4n) is 3.90. The van der Waals surface area contributed by atoms with Gasteiger partial charge in [0, 0.05) is 35.8 Å². The van der Waals surface area contributed by atoms with Crippen LogP contribution < -0.4 is 4.74 Å². The summed E-state index contributed by atoms with van der Waals surface area (Å²) in [7, 11) is 0. The SMILES string of the molecule is CCC(=O)OCc1c2c(c(OC(=O)CC)c3occ(C)c13)CC(O)CC2C. The Morgan fingerprint density at radius 2 is 1.96 bits per heavy atom. The molecule has 1 aliphatic rings. The van der Waals surface area contributed by atoms with Gasteiger partial charge in [-0.1, -0.05) is 20.8 Å². The summed E-state index contributed by atoms with van der Waals surface area (Å²) in [6.07, 6.45) is 2.61. The first-order chi connectivity index (χ1) is 12.9. The second kappa shape index (κ2) is 7.72. The third kappa shape index (κ3) is 3.58. The quantitative estimate of drug-likeness (QED) is 0.631. The monoisotopic (exact) mass is 374 g/mol. The lowest BCUT2D eigenvalue weighted by Crippen LogP contribution is -2.25. The molecule has 1 N–H and O–H groups in total. The average Bonchev–Trinajstić information content (AvgIpc) is 3.02. The van der Waals surface area contributed by atoms with E-state index >= 15 is 0 Å². The van der Waals surface area contributed by atoms with E-state index in [1.165, 1.54) is 0 Å². The largest absolute Gasteiger partial charge is 0.461 e. The van der Waals surface area contributed by atoms with E-state index in [0.717, 1.165) is 27.6 Å². The number of aryl methyl sites for hydroxylation is 1.